The Morgan fingerprint density at radius 2 is 1.59 bits per heavy atom. The van der Waals surface area contributed by atoms with Gasteiger partial charge in [0.05, 0.1) is 7.11 Å². The first kappa shape index (κ1) is 18.3. The van der Waals surface area contributed by atoms with Crippen molar-refractivity contribution in [2.45, 2.75) is 40.7 Å². The van der Waals surface area contributed by atoms with Gasteiger partial charge in [-0.15, -0.1) is 0 Å². The third-order valence-corrected chi connectivity index (χ3v) is 3.18. The van der Waals surface area contributed by atoms with Crippen molar-refractivity contribution in [2.75, 3.05) is 20.2 Å². The second kappa shape index (κ2) is 8.66. The Bertz CT molecular complexity index is 461. The first-order valence-electron chi connectivity index (χ1n) is 7.93. The van der Waals surface area contributed by atoms with Crippen molar-refractivity contribution in [3.05, 3.63) is 24.3 Å². The molecule has 0 saturated heterocycles. The molecule has 1 aromatic rings. The fourth-order valence-electron chi connectivity index (χ4n) is 2.32. The van der Waals surface area contributed by atoms with Crippen LogP contribution in [0.15, 0.2) is 24.3 Å². The molecule has 0 aliphatic rings. The summed E-state index contributed by atoms with van der Waals surface area (Å²) in [6.45, 7) is 11.8. The molecule has 1 unspecified atom stereocenters. The minimum atomic E-state index is -0.510. The van der Waals surface area contributed by atoms with Crippen molar-refractivity contribution >= 4 is 5.91 Å². The van der Waals surface area contributed by atoms with Crippen molar-refractivity contribution in [1.82, 2.24) is 4.90 Å². The normalized spacial score (nSPS) is 12.4. The highest BCUT2D eigenvalue weighted by molar-refractivity contribution is 5.81. The molecule has 0 aliphatic carbocycles. The third-order valence-electron chi connectivity index (χ3n) is 3.18. The molecule has 1 atom stereocenters. The smallest absolute Gasteiger partial charge is 0.263 e. The van der Waals surface area contributed by atoms with Crippen LogP contribution in [0.2, 0.25) is 0 Å². The molecule has 4 nitrogen and oxygen atoms in total. The minimum absolute atomic E-state index is 0.0326. The number of methoxy groups -OCH3 is 1. The Morgan fingerprint density at radius 3 is 2.09 bits per heavy atom. The van der Waals surface area contributed by atoms with E-state index >= 15 is 0 Å². The van der Waals surface area contributed by atoms with Crippen LogP contribution in [0.25, 0.3) is 0 Å². The molecule has 0 radical (unpaired) electrons. The molecule has 0 spiro atoms. The fraction of sp³-hybridized carbons (Fsp3) is 0.611. The number of ether oxygens (including phenoxy) is 2. The second-order valence-corrected chi connectivity index (χ2v) is 6.47. The first-order chi connectivity index (χ1) is 10.3. The van der Waals surface area contributed by atoms with Gasteiger partial charge < -0.3 is 14.4 Å². The Labute approximate surface area is 134 Å². The third kappa shape index (κ3) is 5.96. The molecule has 1 rings (SSSR count). The van der Waals surface area contributed by atoms with E-state index in [1.54, 1.807) is 20.1 Å². The van der Waals surface area contributed by atoms with E-state index in [9.17, 15) is 4.79 Å². The van der Waals surface area contributed by atoms with Crippen molar-refractivity contribution in [2.24, 2.45) is 11.8 Å². The lowest BCUT2D eigenvalue weighted by atomic mass is 10.1. The number of carbonyl (C=O) groups excluding carboxylic acids is 1. The predicted molar refractivity (Wildman–Crippen MR) is 89.3 cm³/mol. The summed E-state index contributed by atoms with van der Waals surface area (Å²) in [7, 11) is 1.61. The number of amides is 1. The van der Waals surface area contributed by atoms with Gasteiger partial charge in [-0.05, 0) is 30.9 Å². The van der Waals surface area contributed by atoms with E-state index in [4.69, 9.17) is 9.47 Å². The molecule has 0 N–H and O–H groups in total. The Morgan fingerprint density at radius 1 is 1.05 bits per heavy atom. The second-order valence-electron chi connectivity index (χ2n) is 6.47. The number of hydrogen-bond donors (Lipinski definition) is 0. The molecule has 22 heavy (non-hydrogen) atoms. The van der Waals surface area contributed by atoms with Crippen molar-refractivity contribution in [1.29, 1.82) is 0 Å². The molecule has 0 saturated carbocycles. The van der Waals surface area contributed by atoms with Crippen molar-refractivity contribution in [3.63, 3.8) is 0 Å². The quantitative estimate of drug-likeness (QED) is 0.736. The van der Waals surface area contributed by atoms with E-state index in [-0.39, 0.29) is 5.91 Å². The van der Waals surface area contributed by atoms with Gasteiger partial charge in [-0.25, -0.2) is 0 Å². The Kier molecular flexibility index (Phi) is 7.22. The molecule has 0 heterocycles. The van der Waals surface area contributed by atoms with Crippen LogP contribution in [0, 0.1) is 11.8 Å². The molecule has 0 aromatic heterocycles. The summed E-state index contributed by atoms with van der Waals surface area (Å²) in [4.78, 5) is 14.5. The van der Waals surface area contributed by atoms with Crippen LogP contribution in [0.5, 0.6) is 11.5 Å². The van der Waals surface area contributed by atoms with Gasteiger partial charge in [-0.1, -0.05) is 33.8 Å². The van der Waals surface area contributed by atoms with Crippen LogP contribution in [-0.2, 0) is 4.79 Å². The molecule has 124 valence electrons. The summed E-state index contributed by atoms with van der Waals surface area (Å²) in [5.41, 5.74) is 0. The minimum Gasteiger partial charge on any atom is -0.497 e. The van der Waals surface area contributed by atoms with Gasteiger partial charge in [0, 0.05) is 19.2 Å². The van der Waals surface area contributed by atoms with Gasteiger partial charge in [-0.2, -0.15) is 0 Å². The monoisotopic (exact) mass is 307 g/mol. The van der Waals surface area contributed by atoms with Gasteiger partial charge in [0.1, 0.15) is 11.5 Å². The maximum atomic E-state index is 12.6. The maximum absolute atomic E-state index is 12.6. The van der Waals surface area contributed by atoms with Gasteiger partial charge in [0.2, 0.25) is 0 Å². The molecular weight excluding hydrogens is 278 g/mol. The number of nitrogens with zero attached hydrogens (tertiary/aromatic N) is 1. The van der Waals surface area contributed by atoms with E-state index < -0.39 is 6.10 Å². The van der Waals surface area contributed by atoms with Gasteiger partial charge in [0.15, 0.2) is 6.10 Å². The number of carbonyl (C=O) groups is 1. The van der Waals surface area contributed by atoms with E-state index in [1.807, 2.05) is 23.1 Å². The molecule has 0 bridgehead atoms. The summed E-state index contributed by atoms with van der Waals surface area (Å²) >= 11 is 0. The first-order valence-corrected chi connectivity index (χ1v) is 7.93. The van der Waals surface area contributed by atoms with Crippen LogP contribution in [0.3, 0.4) is 0 Å². The van der Waals surface area contributed by atoms with E-state index in [0.717, 1.165) is 18.8 Å². The maximum Gasteiger partial charge on any atom is 0.263 e. The average molecular weight is 307 g/mol. The predicted octanol–water partition coefficient (Wildman–Crippen LogP) is 3.60. The SMILES string of the molecule is COc1cccc(OC(C)C(=O)N(CC(C)C)CC(C)C)c1. The molecule has 1 aromatic carbocycles. The van der Waals surface area contributed by atoms with E-state index in [1.165, 1.54) is 0 Å². The highest BCUT2D eigenvalue weighted by Crippen LogP contribution is 2.20. The van der Waals surface area contributed by atoms with Crippen LogP contribution < -0.4 is 9.47 Å². The summed E-state index contributed by atoms with van der Waals surface area (Å²) in [6, 6.07) is 7.33. The van der Waals surface area contributed by atoms with E-state index in [2.05, 4.69) is 27.7 Å². The molecule has 1 amide bonds. The largest absolute Gasteiger partial charge is 0.497 e. The van der Waals surface area contributed by atoms with Gasteiger partial charge >= 0.3 is 0 Å². The summed E-state index contributed by atoms with van der Waals surface area (Å²) in [5.74, 6) is 2.27. The number of benzene rings is 1. The average Bonchev–Trinajstić information content (AvgIpc) is 2.45. The van der Waals surface area contributed by atoms with Gasteiger partial charge in [0.25, 0.3) is 5.91 Å². The zero-order chi connectivity index (χ0) is 16.7. The molecule has 4 heteroatoms. The van der Waals surface area contributed by atoms with Crippen LogP contribution >= 0.6 is 0 Å². The van der Waals surface area contributed by atoms with Crippen LogP contribution in [0.4, 0.5) is 0 Å². The highest BCUT2D eigenvalue weighted by atomic mass is 16.5. The molecule has 0 aliphatic heterocycles. The summed E-state index contributed by atoms with van der Waals surface area (Å²) in [5, 5.41) is 0. The van der Waals surface area contributed by atoms with E-state index in [0.29, 0.717) is 17.6 Å². The fourth-order valence-corrected chi connectivity index (χ4v) is 2.32. The molecular formula is C18H29NO3. The Balaban J connectivity index is 2.75. The lowest BCUT2D eigenvalue weighted by Gasteiger charge is -2.29. The zero-order valence-electron chi connectivity index (χ0n) is 14.6. The van der Waals surface area contributed by atoms with Crippen LogP contribution in [0.1, 0.15) is 34.6 Å². The highest BCUT2D eigenvalue weighted by Gasteiger charge is 2.23. The number of hydrogen-bond acceptors (Lipinski definition) is 3. The lowest BCUT2D eigenvalue weighted by molar-refractivity contribution is -0.139. The van der Waals surface area contributed by atoms with Crippen LogP contribution in [-0.4, -0.2) is 37.1 Å². The summed E-state index contributed by atoms with van der Waals surface area (Å²) < 4.78 is 11.0. The van der Waals surface area contributed by atoms with Crippen molar-refractivity contribution < 1.29 is 14.3 Å². The number of rotatable bonds is 8. The van der Waals surface area contributed by atoms with Crippen molar-refractivity contribution in [3.8, 4) is 11.5 Å². The molecule has 0 fully saturated rings. The summed E-state index contributed by atoms with van der Waals surface area (Å²) in [6.07, 6.45) is -0.510. The van der Waals surface area contributed by atoms with Gasteiger partial charge in [-0.3, -0.25) is 4.79 Å². The standard InChI is InChI=1S/C18H29NO3/c1-13(2)11-19(12-14(3)4)18(20)15(5)22-17-9-7-8-16(10-17)21-6/h7-10,13-15H,11-12H2,1-6H3. The lowest BCUT2D eigenvalue weighted by Crippen LogP contribution is -2.44. The topological polar surface area (TPSA) is 38.8 Å². The zero-order valence-corrected chi connectivity index (χ0v) is 14.6. The Hall–Kier alpha value is -1.71.